The van der Waals surface area contributed by atoms with Crippen LogP contribution >= 0.6 is 31.9 Å². The second kappa shape index (κ2) is 8.00. The molecule has 1 aromatic rings. The van der Waals surface area contributed by atoms with Crippen molar-refractivity contribution < 1.29 is 9.53 Å². The normalized spacial score (nSPS) is 12.3. The number of ether oxygens (including phenoxy) is 1. The molecular formula is C14H20Br2N2O2. The van der Waals surface area contributed by atoms with Crippen molar-refractivity contribution in [2.24, 2.45) is 0 Å². The van der Waals surface area contributed by atoms with Gasteiger partial charge in [0.05, 0.1) is 22.1 Å². The average Bonchev–Trinajstić information content (AvgIpc) is 2.34. The van der Waals surface area contributed by atoms with E-state index in [0.717, 1.165) is 20.3 Å². The van der Waals surface area contributed by atoms with Crippen LogP contribution < -0.4 is 15.4 Å². The van der Waals surface area contributed by atoms with Crippen molar-refractivity contribution in [1.29, 1.82) is 0 Å². The van der Waals surface area contributed by atoms with Crippen molar-refractivity contribution in [3.05, 3.63) is 26.6 Å². The number of carbonyl (C=O) groups is 1. The van der Waals surface area contributed by atoms with Crippen molar-refractivity contribution in [2.45, 2.75) is 39.4 Å². The Balaban J connectivity index is 2.64. The maximum Gasteiger partial charge on any atom is 0.237 e. The van der Waals surface area contributed by atoms with Crippen molar-refractivity contribution in [3.63, 3.8) is 0 Å². The van der Waals surface area contributed by atoms with Gasteiger partial charge in [-0.2, -0.15) is 0 Å². The molecule has 0 aliphatic heterocycles. The molecule has 0 bridgehead atoms. The highest BCUT2D eigenvalue weighted by Crippen LogP contribution is 2.34. The van der Waals surface area contributed by atoms with Gasteiger partial charge in [0.25, 0.3) is 0 Å². The molecule has 1 amide bonds. The Bertz CT molecular complexity index is 455. The number of rotatable bonds is 6. The largest absolute Gasteiger partial charge is 0.494 e. The second-order valence-corrected chi connectivity index (χ2v) is 6.57. The van der Waals surface area contributed by atoms with E-state index in [1.165, 1.54) is 0 Å². The minimum absolute atomic E-state index is 0.00615. The fourth-order valence-corrected chi connectivity index (χ4v) is 3.29. The lowest BCUT2D eigenvalue weighted by atomic mass is 10.2. The molecule has 4 nitrogen and oxygen atoms in total. The summed E-state index contributed by atoms with van der Waals surface area (Å²) in [4.78, 5) is 11.8. The Morgan fingerprint density at radius 3 is 2.25 bits per heavy atom. The van der Waals surface area contributed by atoms with E-state index in [1.807, 2.05) is 32.9 Å². The second-order valence-electron chi connectivity index (χ2n) is 4.86. The molecule has 0 fully saturated rings. The SMILES string of the molecule is COc1c(Br)cc(CNC(C)C(=O)NC(C)C)cc1Br. The Labute approximate surface area is 136 Å². The number of amides is 1. The maximum absolute atomic E-state index is 11.8. The van der Waals surface area contributed by atoms with Gasteiger partial charge in [-0.3, -0.25) is 4.79 Å². The van der Waals surface area contributed by atoms with E-state index in [9.17, 15) is 4.79 Å². The van der Waals surface area contributed by atoms with Crippen LogP contribution in [-0.4, -0.2) is 25.1 Å². The zero-order chi connectivity index (χ0) is 15.3. The summed E-state index contributed by atoms with van der Waals surface area (Å²) in [7, 11) is 1.63. The van der Waals surface area contributed by atoms with Crippen molar-refractivity contribution >= 4 is 37.8 Å². The topological polar surface area (TPSA) is 50.4 Å². The highest BCUT2D eigenvalue weighted by Gasteiger charge is 2.14. The molecule has 6 heteroatoms. The summed E-state index contributed by atoms with van der Waals surface area (Å²) in [6.07, 6.45) is 0. The molecule has 112 valence electrons. The van der Waals surface area contributed by atoms with E-state index in [-0.39, 0.29) is 18.0 Å². The Hall–Kier alpha value is -0.590. The van der Waals surface area contributed by atoms with Gasteiger partial charge in [0.15, 0.2) is 0 Å². The van der Waals surface area contributed by atoms with Gasteiger partial charge in [-0.05, 0) is 70.3 Å². The molecule has 20 heavy (non-hydrogen) atoms. The lowest BCUT2D eigenvalue weighted by molar-refractivity contribution is -0.123. The third kappa shape index (κ3) is 5.07. The molecule has 0 aliphatic rings. The van der Waals surface area contributed by atoms with Crippen molar-refractivity contribution in [2.75, 3.05) is 7.11 Å². The lowest BCUT2D eigenvalue weighted by Gasteiger charge is -2.16. The minimum Gasteiger partial charge on any atom is -0.494 e. The first-order chi connectivity index (χ1) is 9.35. The molecular weight excluding hydrogens is 388 g/mol. The number of benzene rings is 1. The van der Waals surface area contributed by atoms with Crippen LogP contribution in [0.1, 0.15) is 26.3 Å². The summed E-state index contributed by atoms with van der Waals surface area (Å²) in [5, 5.41) is 6.08. The Kier molecular flexibility index (Phi) is 6.99. The molecule has 1 aromatic carbocycles. The lowest BCUT2D eigenvalue weighted by Crippen LogP contribution is -2.44. The number of hydrogen-bond donors (Lipinski definition) is 2. The van der Waals surface area contributed by atoms with Crippen LogP contribution in [0.25, 0.3) is 0 Å². The van der Waals surface area contributed by atoms with E-state index >= 15 is 0 Å². The molecule has 0 saturated carbocycles. The molecule has 0 heterocycles. The summed E-state index contributed by atoms with van der Waals surface area (Å²) < 4.78 is 7.02. The highest BCUT2D eigenvalue weighted by molar-refractivity contribution is 9.11. The summed E-state index contributed by atoms with van der Waals surface area (Å²) in [6.45, 7) is 6.35. The molecule has 0 radical (unpaired) electrons. The van der Waals surface area contributed by atoms with Crippen LogP contribution in [-0.2, 0) is 11.3 Å². The van der Waals surface area contributed by atoms with Gasteiger partial charge in [0.2, 0.25) is 5.91 Å². The first-order valence-corrected chi connectivity index (χ1v) is 7.99. The van der Waals surface area contributed by atoms with E-state index < -0.39 is 0 Å². The Morgan fingerprint density at radius 2 is 1.80 bits per heavy atom. The van der Waals surface area contributed by atoms with Crippen LogP contribution in [0.5, 0.6) is 5.75 Å². The van der Waals surface area contributed by atoms with Gasteiger partial charge in [-0.25, -0.2) is 0 Å². The van der Waals surface area contributed by atoms with Gasteiger partial charge in [0.1, 0.15) is 5.75 Å². The molecule has 0 aliphatic carbocycles. The van der Waals surface area contributed by atoms with Gasteiger partial charge in [-0.1, -0.05) is 0 Å². The summed E-state index contributed by atoms with van der Waals surface area (Å²) in [6, 6.07) is 3.86. The van der Waals surface area contributed by atoms with Crippen LogP contribution in [0.4, 0.5) is 0 Å². The quantitative estimate of drug-likeness (QED) is 0.761. The van der Waals surface area contributed by atoms with Gasteiger partial charge in [-0.15, -0.1) is 0 Å². The Morgan fingerprint density at radius 1 is 1.25 bits per heavy atom. The third-order valence-corrected chi connectivity index (χ3v) is 3.88. The molecule has 1 unspecified atom stereocenters. The number of hydrogen-bond acceptors (Lipinski definition) is 3. The number of halogens is 2. The first-order valence-electron chi connectivity index (χ1n) is 6.40. The van der Waals surface area contributed by atoms with Gasteiger partial charge < -0.3 is 15.4 Å². The van der Waals surface area contributed by atoms with Gasteiger partial charge in [0, 0.05) is 12.6 Å². The molecule has 1 rings (SSSR count). The van der Waals surface area contributed by atoms with Crippen molar-refractivity contribution in [3.8, 4) is 5.75 Å². The van der Waals surface area contributed by atoms with E-state index in [2.05, 4.69) is 42.5 Å². The highest BCUT2D eigenvalue weighted by atomic mass is 79.9. The molecule has 1 atom stereocenters. The number of nitrogens with one attached hydrogen (secondary N) is 2. The standard InChI is InChI=1S/C14H20Br2N2O2/c1-8(2)18-14(19)9(3)17-7-10-5-11(15)13(20-4)12(16)6-10/h5-6,8-9,17H,7H2,1-4H3,(H,18,19). The van der Waals surface area contributed by atoms with E-state index in [1.54, 1.807) is 7.11 Å². The zero-order valence-electron chi connectivity index (χ0n) is 12.1. The summed E-state index contributed by atoms with van der Waals surface area (Å²) in [5.74, 6) is 0.769. The monoisotopic (exact) mass is 406 g/mol. The number of methoxy groups -OCH3 is 1. The predicted molar refractivity (Wildman–Crippen MR) is 88.0 cm³/mol. The fraction of sp³-hybridized carbons (Fsp3) is 0.500. The van der Waals surface area contributed by atoms with Crippen LogP contribution in [0.2, 0.25) is 0 Å². The summed E-state index contributed by atoms with van der Waals surface area (Å²) >= 11 is 6.93. The van der Waals surface area contributed by atoms with E-state index in [4.69, 9.17) is 4.74 Å². The van der Waals surface area contributed by atoms with Crippen LogP contribution in [0.15, 0.2) is 21.1 Å². The zero-order valence-corrected chi connectivity index (χ0v) is 15.3. The third-order valence-electron chi connectivity index (χ3n) is 2.70. The molecule has 0 saturated heterocycles. The fourth-order valence-electron chi connectivity index (χ4n) is 1.68. The molecule has 0 spiro atoms. The number of carbonyl (C=O) groups excluding carboxylic acids is 1. The van der Waals surface area contributed by atoms with Crippen molar-refractivity contribution in [1.82, 2.24) is 10.6 Å². The van der Waals surface area contributed by atoms with Crippen LogP contribution in [0.3, 0.4) is 0 Å². The first kappa shape index (κ1) is 17.5. The predicted octanol–water partition coefficient (Wildman–Crippen LogP) is 3.22. The average molecular weight is 408 g/mol. The maximum atomic E-state index is 11.8. The smallest absolute Gasteiger partial charge is 0.237 e. The molecule has 0 aromatic heterocycles. The van der Waals surface area contributed by atoms with E-state index in [0.29, 0.717) is 6.54 Å². The molecule has 2 N–H and O–H groups in total. The summed E-state index contributed by atoms with van der Waals surface area (Å²) in [5.41, 5.74) is 1.06. The van der Waals surface area contributed by atoms with Gasteiger partial charge >= 0.3 is 0 Å². The minimum atomic E-state index is -0.239. The van der Waals surface area contributed by atoms with Crippen LogP contribution in [0, 0.1) is 0 Å².